The Morgan fingerprint density at radius 1 is 1.65 bits per heavy atom. The number of aromatic nitrogens is 4. The molecule has 1 atom stereocenters. The van der Waals surface area contributed by atoms with Crippen molar-refractivity contribution >= 4 is 17.7 Å². The van der Waals surface area contributed by atoms with Gasteiger partial charge in [0.1, 0.15) is 5.54 Å². The number of carboxylic acids is 1. The number of nitrogens with zero attached hydrogens (tertiary/aromatic N) is 4. The van der Waals surface area contributed by atoms with Crippen LogP contribution in [0.2, 0.25) is 0 Å². The van der Waals surface area contributed by atoms with Crippen molar-refractivity contribution in [3.63, 3.8) is 0 Å². The predicted octanol–water partition coefficient (Wildman–Crippen LogP) is 0.274. The van der Waals surface area contributed by atoms with Crippen LogP contribution in [-0.4, -0.2) is 42.6 Å². The Kier molecular flexibility index (Phi) is 4.88. The fraction of sp³-hybridized carbons (Fsp3) is 0.778. The second kappa shape index (κ2) is 5.97. The van der Waals surface area contributed by atoms with Crippen LogP contribution >= 0.6 is 11.8 Å². The number of rotatable bonds is 7. The van der Waals surface area contributed by atoms with E-state index in [1.165, 1.54) is 11.8 Å². The van der Waals surface area contributed by atoms with Crippen molar-refractivity contribution in [2.45, 2.75) is 36.9 Å². The maximum Gasteiger partial charge on any atom is 0.323 e. The zero-order chi connectivity index (χ0) is 12.9. The number of tetrazole rings is 1. The van der Waals surface area contributed by atoms with Crippen molar-refractivity contribution in [1.29, 1.82) is 0 Å². The molecule has 17 heavy (non-hydrogen) atoms. The molecule has 0 bridgehead atoms. The van der Waals surface area contributed by atoms with E-state index in [-0.39, 0.29) is 0 Å². The van der Waals surface area contributed by atoms with Crippen LogP contribution in [0.1, 0.15) is 26.2 Å². The number of hydrogen-bond acceptors (Lipinski definition) is 6. The second-order valence-electron chi connectivity index (χ2n) is 3.85. The van der Waals surface area contributed by atoms with E-state index in [0.29, 0.717) is 19.3 Å². The average Bonchev–Trinajstić information content (AvgIpc) is 2.70. The van der Waals surface area contributed by atoms with Gasteiger partial charge < -0.3 is 10.8 Å². The minimum atomic E-state index is -1.11. The Bertz CT molecular complexity index is 383. The minimum absolute atomic E-state index is 0.429. The van der Waals surface area contributed by atoms with Gasteiger partial charge in [-0.15, -0.1) is 5.10 Å². The van der Waals surface area contributed by atoms with E-state index in [4.69, 9.17) is 10.8 Å². The molecule has 1 heterocycles. The Labute approximate surface area is 104 Å². The van der Waals surface area contributed by atoms with Crippen LogP contribution < -0.4 is 5.73 Å². The van der Waals surface area contributed by atoms with Crippen LogP contribution in [0, 0.1) is 0 Å². The van der Waals surface area contributed by atoms with Gasteiger partial charge in [0, 0.05) is 12.8 Å². The zero-order valence-corrected chi connectivity index (χ0v) is 10.8. The third-order valence-electron chi connectivity index (χ3n) is 2.64. The summed E-state index contributed by atoms with van der Waals surface area (Å²) < 4.78 is 1.58. The van der Waals surface area contributed by atoms with Crippen molar-refractivity contribution in [3.05, 3.63) is 0 Å². The molecule has 0 fully saturated rings. The summed E-state index contributed by atoms with van der Waals surface area (Å²) in [6.07, 6.45) is 1.60. The van der Waals surface area contributed by atoms with Gasteiger partial charge in [0.2, 0.25) is 5.16 Å². The summed E-state index contributed by atoms with van der Waals surface area (Å²) >= 11 is 1.49. The fourth-order valence-corrected chi connectivity index (χ4v) is 2.12. The van der Waals surface area contributed by atoms with Crippen LogP contribution in [0.3, 0.4) is 0 Å². The molecule has 8 heteroatoms. The van der Waals surface area contributed by atoms with Crippen molar-refractivity contribution in [2.75, 3.05) is 5.75 Å². The maximum absolute atomic E-state index is 11.0. The lowest BCUT2D eigenvalue weighted by Crippen LogP contribution is -2.47. The summed E-state index contributed by atoms with van der Waals surface area (Å²) in [5.41, 5.74) is 4.66. The maximum atomic E-state index is 11.0. The molecule has 0 saturated carbocycles. The highest BCUT2D eigenvalue weighted by molar-refractivity contribution is 7.99. The summed E-state index contributed by atoms with van der Waals surface area (Å²) in [6.45, 7) is 1.79. The van der Waals surface area contributed by atoms with Crippen LogP contribution in [0.15, 0.2) is 5.16 Å². The molecule has 1 unspecified atom stereocenters. The first kappa shape index (κ1) is 13.9. The number of hydrogen-bond donors (Lipinski definition) is 2. The molecule has 0 saturated heterocycles. The van der Waals surface area contributed by atoms with E-state index in [1.807, 2.05) is 0 Å². The van der Waals surface area contributed by atoms with E-state index in [0.717, 1.165) is 10.9 Å². The Morgan fingerprint density at radius 3 is 2.82 bits per heavy atom. The van der Waals surface area contributed by atoms with Gasteiger partial charge in [-0.2, -0.15) is 0 Å². The molecule has 96 valence electrons. The molecular formula is C9H17N5O2S. The highest BCUT2D eigenvalue weighted by atomic mass is 32.2. The first-order valence-corrected chi connectivity index (χ1v) is 6.35. The van der Waals surface area contributed by atoms with Crippen molar-refractivity contribution in [3.8, 4) is 0 Å². The number of carboxylic acid groups (broad SMARTS) is 1. The minimum Gasteiger partial charge on any atom is -0.480 e. The van der Waals surface area contributed by atoms with E-state index in [1.54, 1.807) is 18.7 Å². The van der Waals surface area contributed by atoms with Crippen LogP contribution in [0.25, 0.3) is 0 Å². The van der Waals surface area contributed by atoms with Crippen LogP contribution in [0.5, 0.6) is 0 Å². The van der Waals surface area contributed by atoms with Crippen molar-refractivity contribution in [1.82, 2.24) is 20.2 Å². The molecule has 0 radical (unpaired) electrons. The van der Waals surface area contributed by atoms with E-state index >= 15 is 0 Å². The van der Waals surface area contributed by atoms with Gasteiger partial charge in [-0.1, -0.05) is 18.7 Å². The molecule has 0 aliphatic rings. The number of carbonyl (C=O) groups is 1. The molecule has 0 aliphatic heterocycles. The Balaban J connectivity index is 2.33. The smallest absolute Gasteiger partial charge is 0.323 e. The normalized spacial score (nSPS) is 14.5. The molecule has 0 spiro atoms. The second-order valence-corrected chi connectivity index (χ2v) is 4.91. The molecule has 3 N–H and O–H groups in total. The van der Waals surface area contributed by atoms with Gasteiger partial charge in [-0.25, -0.2) is 4.68 Å². The molecular weight excluding hydrogens is 242 g/mol. The number of thioether (sulfide) groups is 1. The van der Waals surface area contributed by atoms with Gasteiger partial charge >= 0.3 is 5.97 Å². The quantitative estimate of drug-likeness (QED) is 0.534. The lowest BCUT2D eigenvalue weighted by molar-refractivity contribution is -0.143. The summed E-state index contributed by atoms with van der Waals surface area (Å²) in [5, 5.41) is 20.8. The standard InChI is InChI=1S/C9H17N5O2S/c1-3-9(10,7(15)16)5-4-6-17-8-11-12-13-14(8)2/h3-6,10H2,1-2H3,(H,15,16). The molecule has 1 aromatic rings. The Hall–Kier alpha value is -1.15. The number of aliphatic carboxylic acids is 1. The van der Waals surface area contributed by atoms with E-state index in [9.17, 15) is 4.79 Å². The van der Waals surface area contributed by atoms with Crippen molar-refractivity contribution in [2.24, 2.45) is 12.8 Å². The van der Waals surface area contributed by atoms with Gasteiger partial charge in [-0.05, 0) is 29.7 Å². The lowest BCUT2D eigenvalue weighted by atomic mass is 9.92. The molecule has 0 aromatic carbocycles. The van der Waals surface area contributed by atoms with Crippen LogP contribution in [-0.2, 0) is 11.8 Å². The summed E-state index contributed by atoms with van der Waals surface area (Å²) in [4.78, 5) is 11.0. The fourth-order valence-electron chi connectivity index (χ4n) is 1.33. The molecule has 1 aromatic heterocycles. The first-order chi connectivity index (χ1) is 7.99. The molecule has 0 amide bonds. The summed E-state index contributed by atoms with van der Waals surface area (Å²) in [6, 6.07) is 0. The third kappa shape index (κ3) is 3.67. The largest absolute Gasteiger partial charge is 0.480 e. The molecule has 1 rings (SSSR count). The van der Waals surface area contributed by atoms with Crippen molar-refractivity contribution < 1.29 is 9.90 Å². The zero-order valence-electron chi connectivity index (χ0n) is 9.96. The summed E-state index contributed by atoms with van der Waals surface area (Å²) in [5.74, 6) is -0.189. The van der Waals surface area contributed by atoms with Crippen LogP contribution in [0.4, 0.5) is 0 Å². The number of aryl methyl sites for hydroxylation is 1. The SMILES string of the molecule is CCC(N)(CCCSc1nnnn1C)C(=O)O. The predicted molar refractivity (Wildman–Crippen MR) is 63.6 cm³/mol. The topological polar surface area (TPSA) is 107 Å². The van der Waals surface area contributed by atoms with Gasteiger partial charge in [0.25, 0.3) is 0 Å². The first-order valence-electron chi connectivity index (χ1n) is 5.37. The third-order valence-corrected chi connectivity index (χ3v) is 3.73. The number of nitrogens with two attached hydrogens (primary N) is 1. The van der Waals surface area contributed by atoms with Gasteiger partial charge in [-0.3, -0.25) is 4.79 Å². The van der Waals surface area contributed by atoms with Gasteiger partial charge in [0.15, 0.2) is 0 Å². The highest BCUT2D eigenvalue weighted by Gasteiger charge is 2.30. The summed E-state index contributed by atoms with van der Waals surface area (Å²) in [7, 11) is 1.76. The molecule has 7 nitrogen and oxygen atoms in total. The Morgan fingerprint density at radius 2 is 2.35 bits per heavy atom. The van der Waals surface area contributed by atoms with E-state index in [2.05, 4.69) is 15.5 Å². The highest BCUT2D eigenvalue weighted by Crippen LogP contribution is 2.19. The molecule has 0 aliphatic carbocycles. The monoisotopic (exact) mass is 259 g/mol. The lowest BCUT2D eigenvalue weighted by Gasteiger charge is -2.22. The average molecular weight is 259 g/mol. The van der Waals surface area contributed by atoms with E-state index < -0.39 is 11.5 Å². The van der Waals surface area contributed by atoms with Gasteiger partial charge in [0.05, 0.1) is 0 Å².